The van der Waals surface area contributed by atoms with Gasteiger partial charge in [0, 0.05) is 24.3 Å². The van der Waals surface area contributed by atoms with Gasteiger partial charge in [-0.15, -0.1) is 0 Å². The molecule has 9 heteroatoms. The number of carbonyl (C=O) groups excluding carboxylic acids is 2. The average molecular weight is 403 g/mol. The van der Waals surface area contributed by atoms with Gasteiger partial charge in [-0.05, 0) is 18.4 Å². The van der Waals surface area contributed by atoms with Crippen LogP contribution in [-0.4, -0.2) is 39.2 Å². The zero-order valence-corrected chi connectivity index (χ0v) is 16.7. The summed E-state index contributed by atoms with van der Waals surface area (Å²) in [6.45, 7) is 5.78. The van der Waals surface area contributed by atoms with Crippen molar-refractivity contribution in [3.63, 3.8) is 0 Å². The van der Waals surface area contributed by atoms with E-state index in [-0.39, 0.29) is 29.7 Å². The largest absolute Gasteiger partial charge is 0.462 e. The fourth-order valence-corrected chi connectivity index (χ4v) is 4.11. The van der Waals surface area contributed by atoms with Crippen LogP contribution in [0.5, 0.6) is 0 Å². The molecule has 2 heterocycles. The molecule has 1 amide bonds. The van der Waals surface area contributed by atoms with Gasteiger partial charge in [0.1, 0.15) is 0 Å². The summed E-state index contributed by atoms with van der Waals surface area (Å²) >= 11 is 1.43. The second-order valence-corrected chi connectivity index (χ2v) is 8.06. The third-order valence-corrected chi connectivity index (χ3v) is 5.33. The van der Waals surface area contributed by atoms with E-state index in [0.29, 0.717) is 28.6 Å². The minimum Gasteiger partial charge on any atom is -0.462 e. The van der Waals surface area contributed by atoms with E-state index >= 15 is 0 Å². The van der Waals surface area contributed by atoms with Crippen molar-refractivity contribution in [2.24, 2.45) is 10.9 Å². The lowest BCUT2D eigenvalue weighted by molar-refractivity contribution is -0.384. The van der Waals surface area contributed by atoms with E-state index in [2.05, 4.69) is 4.99 Å². The number of nitro groups is 1. The number of rotatable bonds is 5. The number of amidine groups is 1. The van der Waals surface area contributed by atoms with Gasteiger partial charge in [0.15, 0.2) is 5.17 Å². The van der Waals surface area contributed by atoms with E-state index in [4.69, 9.17) is 4.74 Å². The van der Waals surface area contributed by atoms with E-state index in [1.807, 2.05) is 13.8 Å². The van der Waals surface area contributed by atoms with Crippen molar-refractivity contribution < 1.29 is 19.2 Å². The van der Waals surface area contributed by atoms with Crippen LogP contribution in [-0.2, 0) is 14.3 Å². The lowest BCUT2D eigenvalue weighted by Crippen LogP contribution is -2.45. The minimum atomic E-state index is -0.799. The summed E-state index contributed by atoms with van der Waals surface area (Å²) < 4.78 is 5.41. The Morgan fingerprint density at radius 1 is 1.46 bits per heavy atom. The topological polar surface area (TPSA) is 102 Å². The van der Waals surface area contributed by atoms with Crippen molar-refractivity contribution in [3.05, 3.63) is 51.2 Å². The molecule has 2 aliphatic heterocycles. The molecule has 8 nitrogen and oxygen atoms in total. The van der Waals surface area contributed by atoms with Crippen LogP contribution in [0.1, 0.15) is 38.8 Å². The quantitative estimate of drug-likeness (QED) is 0.424. The molecule has 0 spiro atoms. The molecule has 0 unspecified atom stereocenters. The summed E-state index contributed by atoms with van der Waals surface area (Å²) in [5, 5.41) is 11.7. The number of hydrogen-bond donors (Lipinski definition) is 0. The van der Waals surface area contributed by atoms with Gasteiger partial charge < -0.3 is 4.74 Å². The van der Waals surface area contributed by atoms with Gasteiger partial charge in [0.05, 0.1) is 28.8 Å². The zero-order valence-electron chi connectivity index (χ0n) is 15.9. The molecule has 1 fully saturated rings. The lowest BCUT2D eigenvalue weighted by atomic mass is 9.94. The molecular formula is C19H21N3O5S. The van der Waals surface area contributed by atoms with E-state index in [9.17, 15) is 19.7 Å². The number of benzene rings is 1. The molecule has 1 aromatic rings. The SMILES string of the molecule is CC1=C(C(=O)OCC(C)C)[C@H](c2cccc([N+](=O)[O-])c2)N2C(=O)CCSC2=N1. The number of non-ortho nitro benzene ring substituents is 1. The first-order valence-electron chi connectivity index (χ1n) is 8.95. The molecule has 3 rings (SSSR count). The number of ether oxygens (including phenoxy) is 1. The fourth-order valence-electron chi connectivity index (χ4n) is 3.10. The number of thioether (sulfide) groups is 1. The molecule has 0 bridgehead atoms. The number of allylic oxidation sites excluding steroid dienone is 1. The van der Waals surface area contributed by atoms with Crippen molar-refractivity contribution in [2.75, 3.05) is 12.4 Å². The van der Waals surface area contributed by atoms with Crippen LogP contribution in [0.4, 0.5) is 5.69 Å². The van der Waals surface area contributed by atoms with Crippen molar-refractivity contribution in [1.29, 1.82) is 0 Å². The standard InChI is InChI=1S/C19H21N3O5S/c1-11(2)10-27-18(24)16-12(3)20-19-21(15(23)7-8-28-19)17(16)13-5-4-6-14(9-13)22(25)26/h4-6,9,11,17H,7-8,10H2,1-3H3/t17-/m0/s1. The lowest BCUT2D eigenvalue weighted by Gasteiger charge is -2.38. The van der Waals surface area contributed by atoms with E-state index in [1.54, 1.807) is 19.1 Å². The molecule has 0 aliphatic carbocycles. The molecule has 0 saturated carbocycles. The number of nitro benzene ring substituents is 1. The summed E-state index contributed by atoms with van der Waals surface area (Å²) in [5.41, 5.74) is 1.07. The summed E-state index contributed by atoms with van der Waals surface area (Å²) in [7, 11) is 0. The molecular weight excluding hydrogens is 382 g/mol. The van der Waals surface area contributed by atoms with Crippen molar-refractivity contribution in [2.45, 2.75) is 33.2 Å². The van der Waals surface area contributed by atoms with Gasteiger partial charge in [-0.1, -0.05) is 37.7 Å². The van der Waals surface area contributed by atoms with Crippen molar-refractivity contribution in [3.8, 4) is 0 Å². The number of nitrogens with zero attached hydrogens (tertiary/aromatic N) is 3. The van der Waals surface area contributed by atoms with E-state index in [1.165, 1.54) is 28.8 Å². The molecule has 148 valence electrons. The Kier molecular flexibility index (Phi) is 5.83. The average Bonchev–Trinajstić information content (AvgIpc) is 2.65. The Morgan fingerprint density at radius 2 is 2.21 bits per heavy atom. The normalized spacial score (nSPS) is 19.4. The number of carbonyl (C=O) groups is 2. The van der Waals surface area contributed by atoms with Gasteiger partial charge in [-0.3, -0.25) is 19.8 Å². The minimum absolute atomic E-state index is 0.105. The third kappa shape index (κ3) is 3.94. The molecule has 0 radical (unpaired) electrons. The molecule has 0 N–H and O–H groups in total. The Morgan fingerprint density at radius 3 is 2.89 bits per heavy atom. The van der Waals surface area contributed by atoms with Crippen LogP contribution in [0.25, 0.3) is 0 Å². The monoisotopic (exact) mass is 403 g/mol. The number of fused-ring (bicyclic) bond motifs is 1. The first kappa shape index (κ1) is 20.1. The molecule has 28 heavy (non-hydrogen) atoms. The van der Waals surface area contributed by atoms with Crippen molar-refractivity contribution >= 4 is 34.5 Å². The van der Waals surface area contributed by atoms with Gasteiger partial charge >= 0.3 is 5.97 Å². The van der Waals surface area contributed by atoms with Gasteiger partial charge in [0.25, 0.3) is 5.69 Å². The maximum atomic E-state index is 12.9. The first-order valence-corrected chi connectivity index (χ1v) is 9.94. The highest BCUT2D eigenvalue weighted by Gasteiger charge is 2.42. The first-order chi connectivity index (χ1) is 13.3. The van der Waals surface area contributed by atoms with E-state index in [0.717, 1.165) is 0 Å². The number of hydrogen-bond acceptors (Lipinski definition) is 7. The maximum Gasteiger partial charge on any atom is 0.338 e. The second-order valence-electron chi connectivity index (χ2n) is 7.00. The van der Waals surface area contributed by atoms with Gasteiger partial charge in [0.2, 0.25) is 5.91 Å². The Bertz CT molecular complexity index is 893. The van der Waals surface area contributed by atoms with Crippen LogP contribution in [0.15, 0.2) is 40.5 Å². The zero-order chi connectivity index (χ0) is 20.4. The predicted molar refractivity (Wildman–Crippen MR) is 106 cm³/mol. The number of aliphatic imine (C=N–C) groups is 1. The summed E-state index contributed by atoms with van der Waals surface area (Å²) in [4.78, 5) is 42.2. The van der Waals surface area contributed by atoms with Gasteiger partial charge in [-0.2, -0.15) is 0 Å². The van der Waals surface area contributed by atoms with Crippen LogP contribution in [0.3, 0.4) is 0 Å². The molecule has 0 aromatic heterocycles. The van der Waals surface area contributed by atoms with Crippen molar-refractivity contribution in [1.82, 2.24) is 4.90 Å². The highest BCUT2D eigenvalue weighted by atomic mass is 32.2. The molecule has 1 aromatic carbocycles. The fraction of sp³-hybridized carbons (Fsp3) is 0.421. The predicted octanol–water partition coefficient (Wildman–Crippen LogP) is 3.44. The third-order valence-electron chi connectivity index (χ3n) is 4.37. The van der Waals surface area contributed by atoms with Crippen LogP contribution in [0.2, 0.25) is 0 Å². The maximum absolute atomic E-state index is 12.9. The van der Waals surface area contributed by atoms with Gasteiger partial charge in [-0.25, -0.2) is 9.79 Å². The second kappa shape index (κ2) is 8.14. The highest BCUT2D eigenvalue weighted by molar-refractivity contribution is 8.14. The number of esters is 1. The van der Waals surface area contributed by atoms with Crippen LogP contribution in [0, 0.1) is 16.0 Å². The molecule has 1 atom stereocenters. The van der Waals surface area contributed by atoms with Crippen LogP contribution < -0.4 is 0 Å². The molecule has 2 aliphatic rings. The van der Waals surface area contributed by atoms with E-state index < -0.39 is 16.9 Å². The smallest absolute Gasteiger partial charge is 0.338 e. The Labute approximate surface area is 166 Å². The Balaban J connectivity index is 2.11. The molecule has 1 saturated heterocycles. The summed E-state index contributed by atoms with van der Waals surface area (Å²) in [5.74, 6) is 0.0245. The highest BCUT2D eigenvalue weighted by Crippen LogP contribution is 2.41. The summed E-state index contributed by atoms with van der Waals surface area (Å²) in [6.07, 6.45) is 0.308. The summed E-state index contributed by atoms with van der Waals surface area (Å²) in [6, 6.07) is 5.19. The Hall–Kier alpha value is -2.68. The number of amides is 1. The van der Waals surface area contributed by atoms with Crippen LogP contribution >= 0.6 is 11.8 Å².